The van der Waals surface area contributed by atoms with Crippen LogP contribution in [0.5, 0.6) is 0 Å². The number of likely N-dealkylation sites (N-methyl/N-ethyl adjacent to an activating group) is 1. The van der Waals surface area contributed by atoms with Gasteiger partial charge in [0.1, 0.15) is 17.4 Å². The van der Waals surface area contributed by atoms with Crippen LogP contribution in [0, 0.1) is 16.7 Å². The highest BCUT2D eigenvalue weighted by molar-refractivity contribution is 8.06. The van der Waals surface area contributed by atoms with Gasteiger partial charge in [-0.2, -0.15) is 4.90 Å². The van der Waals surface area contributed by atoms with E-state index >= 15 is 0 Å². The van der Waals surface area contributed by atoms with Crippen molar-refractivity contribution in [3.05, 3.63) is 56.2 Å². The predicted molar refractivity (Wildman–Crippen MR) is 148 cm³/mol. The molecule has 1 N–H and O–H groups in total. The molecule has 0 radical (unpaired) electrons. The summed E-state index contributed by atoms with van der Waals surface area (Å²) in [6, 6.07) is 0.130. The second-order valence-corrected chi connectivity index (χ2v) is 13.6. The van der Waals surface area contributed by atoms with Crippen molar-refractivity contribution in [2.24, 2.45) is 16.7 Å². The Morgan fingerprint density at radius 2 is 1.64 bits per heavy atom. The minimum Gasteiger partial charge on any atom is -0.506 e. The highest BCUT2D eigenvalue weighted by atomic mass is 32.2. The van der Waals surface area contributed by atoms with E-state index in [-0.39, 0.29) is 51.2 Å². The van der Waals surface area contributed by atoms with Crippen molar-refractivity contribution in [2.45, 2.75) is 86.6 Å². The number of aliphatic hydroxyl groups is 1. The van der Waals surface area contributed by atoms with Gasteiger partial charge in [-0.25, -0.2) is 9.37 Å². The minimum absolute atomic E-state index is 0.0326. The number of nitrogens with zero attached hydrogens (tertiary/aromatic N) is 2. The van der Waals surface area contributed by atoms with Gasteiger partial charge < -0.3 is 5.11 Å². The first-order chi connectivity index (χ1) is 16.7. The Morgan fingerprint density at radius 3 is 2.11 bits per heavy atom. The number of carbonyl (C=O) groups is 2. The zero-order chi connectivity index (χ0) is 26.6. The summed E-state index contributed by atoms with van der Waals surface area (Å²) in [5, 5.41) is 11.0. The summed E-state index contributed by atoms with van der Waals surface area (Å²) in [6.07, 6.45) is 13.4. The minimum atomic E-state index is -0.269. The molecule has 1 unspecified atom stereocenters. The molecule has 0 spiro atoms. The van der Waals surface area contributed by atoms with E-state index in [9.17, 15) is 14.7 Å². The number of rotatable bonds is 4. The molecule has 0 aromatic rings. The Bertz CT molecular complexity index is 1140. The third kappa shape index (κ3) is 4.81. The normalized spacial score (nSPS) is 24.7. The van der Waals surface area contributed by atoms with E-state index < -0.39 is 0 Å². The average molecular weight is 510 g/mol. The summed E-state index contributed by atoms with van der Waals surface area (Å²) >= 11 is 1.79. The van der Waals surface area contributed by atoms with E-state index in [1.54, 1.807) is 34.4 Å². The highest BCUT2D eigenvalue weighted by Gasteiger charge is 2.49. The second-order valence-electron chi connectivity index (χ2n) is 12.5. The summed E-state index contributed by atoms with van der Waals surface area (Å²) < 4.78 is 1.71. The number of aliphatic hydroxyl groups excluding tert-OH is 1. The molecule has 5 nitrogen and oxygen atoms in total. The Morgan fingerprint density at radius 1 is 1.08 bits per heavy atom. The van der Waals surface area contributed by atoms with E-state index in [2.05, 4.69) is 60.6 Å². The van der Waals surface area contributed by atoms with Crippen LogP contribution in [-0.4, -0.2) is 45.7 Å². The largest absolute Gasteiger partial charge is 0.506 e. The van der Waals surface area contributed by atoms with Crippen molar-refractivity contribution in [1.82, 2.24) is 4.90 Å². The van der Waals surface area contributed by atoms with Crippen LogP contribution in [-0.2, 0) is 9.59 Å². The Hall–Kier alpha value is -2.34. The van der Waals surface area contributed by atoms with Crippen LogP contribution in [0.1, 0.15) is 80.6 Å². The van der Waals surface area contributed by atoms with Crippen LogP contribution >= 0.6 is 11.8 Å². The maximum atomic E-state index is 13.5. The van der Waals surface area contributed by atoms with Crippen molar-refractivity contribution in [1.29, 1.82) is 0 Å². The molecule has 2 heterocycles. The van der Waals surface area contributed by atoms with Crippen molar-refractivity contribution in [2.75, 3.05) is 7.05 Å². The summed E-state index contributed by atoms with van der Waals surface area (Å²) in [5.74, 6) is -0.0430. The predicted octanol–water partition coefficient (Wildman–Crippen LogP) is 6.65. The van der Waals surface area contributed by atoms with Crippen LogP contribution in [0.4, 0.5) is 0 Å². The molecule has 0 saturated heterocycles. The number of hydrogen-bond acceptors (Lipinski definition) is 4. The van der Waals surface area contributed by atoms with Gasteiger partial charge in [0.05, 0.1) is 12.6 Å². The monoisotopic (exact) mass is 509 g/mol. The Kier molecular flexibility index (Phi) is 7.06. The van der Waals surface area contributed by atoms with Crippen LogP contribution in [0.3, 0.4) is 0 Å². The second kappa shape index (κ2) is 9.51. The number of allylic oxidation sites excluding steroid dienone is 8. The topological polar surface area (TPSA) is 60.6 Å². The summed E-state index contributed by atoms with van der Waals surface area (Å²) in [5.41, 5.74) is 1.53. The van der Waals surface area contributed by atoms with Gasteiger partial charge in [-0.1, -0.05) is 73.1 Å². The van der Waals surface area contributed by atoms with Crippen LogP contribution in [0.25, 0.3) is 0 Å². The molecular weight excluding hydrogens is 468 g/mol. The molecule has 194 valence electrons. The number of Topliss-reactive ketones (excluding diaryl/α,β-unsaturated/α-hetero) is 1. The zero-order valence-corrected chi connectivity index (χ0v) is 23.9. The first-order valence-corrected chi connectivity index (χ1v) is 14.0. The molecule has 0 bridgehead atoms. The molecule has 4 aliphatic rings. The van der Waals surface area contributed by atoms with Gasteiger partial charge in [0.25, 0.3) is 0 Å². The van der Waals surface area contributed by atoms with E-state index in [4.69, 9.17) is 0 Å². The molecule has 1 atom stereocenters. The van der Waals surface area contributed by atoms with Gasteiger partial charge in [0, 0.05) is 0 Å². The van der Waals surface area contributed by atoms with Crippen molar-refractivity contribution in [3.63, 3.8) is 0 Å². The molecule has 4 rings (SSSR count). The van der Waals surface area contributed by atoms with Crippen molar-refractivity contribution < 1.29 is 19.3 Å². The van der Waals surface area contributed by atoms with E-state index in [0.717, 1.165) is 24.8 Å². The van der Waals surface area contributed by atoms with Gasteiger partial charge in [-0.3, -0.25) is 4.79 Å². The van der Waals surface area contributed by atoms with Crippen molar-refractivity contribution >= 4 is 29.8 Å². The summed E-state index contributed by atoms with van der Waals surface area (Å²) in [6.45, 7) is 15.2. The molecule has 36 heavy (non-hydrogen) atoms. The van der Waals surface area contributed by atoms with Gasteiger partial charge in [-0.05, 0) is 69.6 Å². The van der Waals surface area contributed by atoms with E-state index in [1.807, 2.05) is 6.34 Å². The van der Waals surface area contributed by atoms with Gasteiger partial charge in [0.2, 0.25) is 17.8 Å². The molecule has 1 saturated carbocycles. The number of hydrogen-bond donors (Lipinski definition) is 1. The molecule has 1 fully saturated rings. The fourth-order valence-electron chi connectivity index (χ4n) is 5.48. The Balaban J connectivity index is 1.70. The van der Waals surface area contributed by atoms with Gasteiger partial charge >= 0.3 is 5.91 Å². The molecule has 2 aliphatic heterocycles. The average Bonchev–Trinajstić information content (AvgIpc) is 3.42. The first kappa shape index (κ1) is 26.7. The van der Waals surface area contributed by atoms with Gasteiger partial charge in [0.15, 0.2) is 0 Å². The van der Waals surface area contributed by atoms with Crippen molar-refractivity contribution in [3.8, 4) is 0 Å². The smallest absolute Gasteiger partial charge is 0.381 e. The summed E-state index contributed by atoms with van der Waals surface area (Å²) in [7, 11) is 1.79. The fourth-order valence-corrected chi connectivity index (χ4v) is 6.71. The van der Waals surface area contributed by atoms with Crippen LogP contribution < -0.4 is 0 Å². The Labute approximate surface area is 220 Å². The number of carbonyl (C=O) groups excluding carboxylic acids is 2. The molecular formula is C30H41N2O3S+. The lowest BCUT2D eigenvalue weighted by atomic mass is 9.84. The fraction of sp³-hybridized carbons (Fsp3) is 0.567. The number of thioether (sulfide) groups is 1. The third-order valence-electron chi connectivity index (χ3n) is 7.61. The van der Waals surface area contributed by atoms with Crippen LogP contribution in [0.15, 0.2) is 56.2 Å². The zero-order valence-electron chi connectivity index (χ0n) is 23.1. The van der Waals surface area contributed by atoms with E-state index in [0.29, 0.717) is 5.92 Å². The number of ketones is 1. The molecule has 0 aromatic carbocycles. The summed E-state index contributed by atoms with van der Waals surface area (Å²) in [4.78, 5) is 31.0. The lowest BCUT2D eigenvalue weighted by molar-refractivity contribution is -0.429. The maximum absolute atomic E-state index is 13.5. The molecule has 1 amide bonds. The number of amides is 1. The SMILES string of the molecule is CCC(C1CCCC1)N1C=[N+](C)C(=C2C(=O)C(C=C3C=C(C(C)(C)C)SC(C(C)(C)C)=C3)=C2O)C1=O. The van der Waals surface area contributed by atoms with Gasteiger partial charge in [-0.15, -0.1) is 0 Å². The standard InChI is InChI=1S/C30H40N2O3S/c1-9-21(19-12-10-11-13-19)32-17-31(8)25(28(32)35)24-26(33)20(27(24)34)14-18-15-22(29(2,3)4)36-23(16-18)30(5,6)7/h14-17,19,21H,9-13H2,1-8H3/p+1. The quantitative estimate of drug-likeness (QED) is 0.340. The maximum Gasteiger partial charge on any atom is 0.381 e. The highest BCUT2D eigenvalue weighted by Crippen LogP contribution is 2.49. The first-order valence-electron chi connectivity index (χ1n) is 13.2. The molecule has 6 heteroatoms. The molecule has 0 aromatic heterocycles. The molecule has 2 aliphatic carbocycles. The van der Waals surface area contributed by atoms with E-state index in [1.165, 1.54) is 22.7 Å². The third-order valence-corrected chi connectivity index (χ3v) is 9.51. The lowest BCUT2D eigenvalue weighted by Gasteiger charge is -2.32. The lowest BCUT2D eigenvalue weighted by Crippen LogP contribution is -2.41. The van der Waals surface area contributed by atoms with Crippen LogP contribution in [0.2, 0.25) is 0 Å².